The molecule has 4 rings (SSSR count). The Morgan fingerprint density at radius 2 is 1.88 bits per heavy atom. The first kappa shape index (κ1) is 24.0. The Labute approximate surface area is 215 Å². The van der Waals surface area contributed by atoms with E-state index in [1.54, 1.807) is 49.6 Å². The van der Waals surface area contributed by atoms with Crippen LogP contribution in [0.4, 0.5) is 0 Å². The second-order valence-corrected chi connectivity index (χ2v) is 9.74. The Bertz CT molecular complexity index is 1280. The topological polar surface area (TPSA) is 67.9 Å². The van der Waals surface area contributed by atoms with Crippen LogP contribution >= 0.6 is 39.9 Å². The molecule has 34 heavy (non-hydrogen) atoms. The van der Waals surface area contributed by atoms with Gasteiger partial charge in [0.25, 0.3) is 11.8 Å². The van der Waals surface area contributed by atoms with Crippen LogP contribution in [0.2, 0.25) is 0 Å². The van der Waals surface area contributed by atoms with Gasteiger partial charge in [-0.3, -0.25) is 15.0 Å². The predicted molar refractivity (Wildman–Crippen MR) is 140 cm³/mol. The Morgan fingerprint density at radius 1 is 1.09 bits per heavy atom. The quantitative estimate of drug-likeness (QED) is 0.303. The van der Waals surface area contributed by atoms with E-state index in [2.05, 4.69) is 21.4 Å². The zero-order valence-corrected chi connectivity index (χ0v) is 21.2. The van der Waals surface area contributed by atoms with Gasteiger partial charge in [-0.25, -0.2) is 0 Å². The smallest absolute Gasteiger partial charge is 0.285 e. The van der Waals surface area contributed by atoms with Crippen molar-refractivity contribution in [3.8, 4) is 11.5 Å². The molecule has 0 aliphatic carbocycles. The summed E-state index contributed by atoms with van der Waals surface area (Å²) in [7, 11) is 1.56. The monoisotopic (exact) mass is 554 g/mol. The highest BCUT2D eigenvalue weighted by Crippen LogP contribution is 2.34. The molecule has 1 heterocycles. The van der Waals surface area contributed by atoms with Crippen LogP contribution in [0.5, 0.6) is 11.5 Å². The average Bonchev–Trinajstić information content (AvgIpc) is 3.11. The highest BCUT2D eigenvalue weighted by atomic mass is 79.9. The number of rotatable bonds is 7. The molecule has 1 N–H and O–H groups in total. The van der Waals surface area contributed by atoms with E-state index in [-0.39, 0.29) is 4.32 Å². The lowest BCUT2D eigenvalue weighted by Crippen LogP contribution is -2.44. The highest BCUT2D eigenvalue weighted by molar-refractivity contribution is 9.10. The third kappa shape index (κ3) is 5.67. The van der Waals surface area contributed by atoms with Crippen LogP contribution in [-0.4, -0.2) is 28.3 Å². The van der Waals surface area contributed by atoms with Crippen molar-refractivity contribution in [1.29, 1.82) is 0 Å². The molecule has 172 valence electrons. The number of amides is 2. The maximum absolute atomic E-state index is 12.9. The number of thiocarbonyl (C=S) groups is 1. The van der Waals surface area contributed by atoms with Crippen LogP contribution < -0.4 is 14.9 Å². The Hall–Kier alpha value is -3.14. The number of hydrogen-bond acceptors (Lipinski definition) is 6. The van der Waals surface area contributed by atoms with Crippen molar-refractivity contribution in [2.24, 2.45) is 0 Å². The van der Waals surface area contributed by atoms with Crippen molar-refractivity contribution < 1.29 is 19.1 Å². The normalized spacial score (nSPS) is 14.4. The van der Waals surface area contributed by atoms with Crippen LogP contribution in [0.25, 0.3) is 6.08 Å². The molecule has 0 spiro atoms. The van der Waals surface area contributed by atoms with Gasteiger partial charge in [0, 0.05) is 10.0 Å². The summed E-state index contributed by atoms with van der Waals surface area (Å²) >= 11 is 9.87. The summed E-state index contributed by atoms with van der Waals surface area (Å²) in [6.07, 6.45) is 1.70. The standard InChI is InChI=1S/C25H19BrN2O4S2/c1-31-21-13-16(10-11-20(21)32-15-17-6-5-9-19(26)12-17)14-22-24(30)28(25(33)34-22)27-23(29)18-7-3-2-4-8-18/h2-14H,15H2,1H3,(H,27,29)/b22-14+. The van der Waals surface area contributed by atoms with Crippen LogP contribution in [-0.2, 0) is 11.4 Å². The number of thioether (sulfide) groups is 1. The van der Waals surface area contributed by atoms with Gasteiger partial charge in [-0.15, -0.1) is 0 Å². The molecular weight excluding hydrogens is 536 g/mol. The van der Waals surface area contributed by atoms with Crippen molar-refractivity contribution in [2.45, 2.75) is 6.61 Å². The van der Waals surface area contributed by atoms with E-state index in [4.69, 9.17) is 21.7 Å². The minimum absolute atomic E-state index is 0.251. The minimum atomic E-state index is -0.410. The molecule has 6 nitrogen and oxygen atoms in total. The molecule has 0 atom stereocenters. The molecule has 0 saturated carbocycles. The van der Waals surface area contributed by atoms with Crippen molar-refractivity contribution in [3.63, 3.8) is 0 Å². The molecule has 3 aromatic carbocycles. The maximum Gasteiger partial charge on any atom is 0.285 e. The van der Waals surface area contributed by atoms with Gasteiger partial charge in [0.1, 0.15) is 6.61 Å². The fraction of sp³-hybridized carbons (Fsp3) is 0.0800. The Balaban J connectivity index is 1.47. The molecule has 0 unspecified atom stereocenters. The van der Waals surface area contributed by atoms with Gasteiger partial charge in [-0.05, 0) is 65.8 Å². The first-order valence-corrected chi connectivity index (χ1v) is 12.2. The van der Waals surface area contributed by atoms with E-state index in [1.165, 1.54) is 0 Å². The fourth-order valence-corrected chi connectivity index (χ4v) is 4.78. The number of benzene rings is 3. The van der Waals surface area contributed by atoms with Crippen LogP contribution in [0.1, 0.15) is 21.5 Å². The van der Waals surface area contributed by atoms with Gasteiger partial charge >= 0.3 is 0 Å². The number of carbonyl (C=O) groups is 2. The Morgan fingerprint density at radius 3 is 2.62 bits per heavy atom. The molecule has 0 radical (unpaired) electrons. The number of nitrogens with zero attached hydrogens (tertiary/aromatic N) is 1. The van der Waals surface area contributed by atoms with E-state index in [0.29, 0.717) is 28.6 Å². The van der Waals surface area contributed by atoms with Gasteiger partial charge in [0.2, 0.25) is 0 Å². The molecule has 2 amide bonds. The van der Waals surface area contributed by atoms with Gasteiger partial charge in [0.15, 0.2) is 15.8 Å². The SMILES string of the molecule is COc1cc(/C=C2/SC(=S)N(NC(=O)c3ccccc3)C2=O)ccc1OCc1cccc(Br)c1. The second kappa shape index (κ2) is 10.9. The lowest BCUT2D eigenvalue weighted by Gasteiger charge is -2.15. The van der Waals surface area contributed by atoms with E-state index < -0.39 is 11.8 Å². The van der Waals surface area contributed by atoms with Crippen LogP contribution in [0, 0.1) is 0 Å². The van der Waals surface area contributed by atoms with Crippen molar-refractivity contribution >= 4 is 62.1 Å². The van der Waals surface area contributed by atoms with Gasteiger partial charge < -0.3 is 9.47 Å². The van der Waals surface area contributed by atoms with Crippen LogP contribution in [0.15, 0.2) is 82.2 Å². The summed E-state index contributed by atoms with van der Waals surface area (Å²) in [5.74, 6) is 0.318. The maximum atomic E-state index is 12.9. The number of ether oxygens (including phenoxy) is 2. The first-order valence-electron chi connectivity index (χ1n) is 10.1. The largest absolute Gasteiger partial charge is 0.493 e. The summed E-state index contributed by atoms with van der Waals surface area (Å²) < 4.78 is 12.6. The third-order valence-corrected chi connectivity index (χ3v) is 6.61. The summed E-state index contributed by atoms with van der Waals surface area (Å²) in [6.45, 7) is 0.384. The van der Waals surface area contributed by atoms with E-state index in [0.717, 1.165) is 32.4 Å². The van der Waals surface area contributed by atoms with Crippen LogP contribution in [0.3, 0.4) is 0 Å². The number of methoxy groups -OCH3 is 1. The van der Waals surface area contributed by atoms with Gasteiger partial charge in [0.05, 0.1) is 12.0 Å². The minimum Gasteiger partial charge on any atom is -0.493 e. The average molecular weight is 555 g/mol. The summed E-state index contributed by atoms with van der Waals surface area (Å²) in [5, 5.41) is 1.09. The highest BCUT2D eigenvalue weighted by Gasteiger charge is 2.33. The second-order valence-electron chi connectivity index (χ2n) is 7.15. The lowest BCUT2D eigenvalue weighted by atomic mass is 10.2. The van der Waals surface area contributed by atoms with Crippen molar-refractivity contribution in [3.05, 3.63) is 98.9 Å². The zero-order chi connectivity index (χ0) is 24.1. The fourth-order valence-electron chi connectivity index (χ4n) is 3.15. The molecule has 1 aliphatic rings. The zero-order valence-electron chi connectivity index (χ0n) is 18.0. The number of halogens is 1. The molecule has 1 saturated heterocycles. The summed E-state index contributed by atoms with van der Waals surface area (Å²) in [5.41, 5.74) is 4.76. The molecular formula is C25H19BrN2O4S2. The molecule has 3 aromatic rings. The van der Waals surface area contributed by atoms with Crippen molar-refractivity contribution in [1.82, 2.24) is 10.4 Å². The number of hydrazine groups is 1. The van der Waals surface area contributed by atoms with E-state index >= 15 is 0 Å². The third-order valence-electron chi connectivity index (χ3n) is 4.81. The summed E-state index contributed by atoms with van der Waals surface area (Å²) in [4.78, 5) is 25.7. The molecule has 0 bridgehead atoms. The molecule has 0 aromatic heterocycles. The number of nitrogens with one attached hydrogen (secondary N) is 1. The predicted octanol–water partition coefficient (Wildman–Crippen LogP) is 5.58. The van der Waals surface area contributed by atoms with E-state index in [9.17, 15) is 9.59 Å². The first-order chi connectivity index (χ1) is 16.4. The van der Waals surface area contributed by atoms with E-state index in [1.807, 2.05) is 36.4 Å². The van der Waals surface area contributed by atoms with Crippen molar-refractivity contribution in [2.75, 3.05) is 7.11 Å². The van der Waals surface area contributed by atoms with Gasteiger partial charge in [-0.2, -0.15) is 5.01 Å². The summed E-state index contributed by atoms with van der Waals surface area (Å²) in [6, 6.07) is 21.9. The lowest BCUT2D eigenvalue weighted by molar-refractivity contribution is -0.123. The molecule has 1 fully saturated rings. The molecule has 1 aliphatic heterocycles. The molecule has 9 heteroatoms. The van der Waals surface area contributed by atoms with Gasteiger partial charge in [-0.1, -0.05) is 64.1 Å². The number of hydrogen-bond donors (Lipinski definition) is 1. The number of carbonyl (C=O) groups excluding carboxylic acids is 2. The Kier molecular flexibility index (Phi) is 7.66.